The van der Waals surface area contributed by atoms with Crippen molar-refractivity contribution in [3.8, 4) is 5.75 Å². The number of hydrogen-bond acceptors (Lipinski definition) is 5. The van der Waals surface area contributed by atoms with Crippen molar-refractivity contribution in [3.05, 3.63) is 34.2 Å². The van der Waals surface area contributed by atoms with E-state index in [2.05, 4.69) is 15.5 Å². The highest BCUT2D eigenvalue weighted by Gasteiger charge is 2.03. The first kappa shape index (κ1) is 10.2. The zero-order chi connectivity index (χ0) is 11.5. The third-order valence-electron chi connectivity index (χ3n) is 2.09. The van der Waals surface area contributed by atoms with Gasteiger partial charge in [-0.15, -0.1) is 0 Å². The van der Waals surface area contributed by atoms with Crippen LogP contribution in [0.25, 0.3) is 0 Å². The molecule has 0 aliphatic carbocycles. The Hall–Kier alpha value is -2.31. The predicted octanol–water partition coefficient (Wildman–Crippen LogP) is -0.395. The van der Waals surface area contributed by atoms with E-state index >= 15 is 0 Å². The monoisotopic (exact) mass is 221 g/mol. The van der Waals surface area contributed by atoms with Gasteiger partial charge in [0.1, 0.15) is 5.75 Å². The van der Waals surface area contributed by atoms with Crippen LogP contribution >= 0.6 is 0 Å². The van der Waals surface area contributed by atoms with Gasteiger partial charge in [-0.05, 0) is 28.1 Å². The molecule has 0 aliphatic heterocycles. The number of aromatic nitrogens is 4. The third-order valence-corrected chi connectivity index (χ3v) is 2.09. The summed E-state index contributed by atoms with van der Waals surface area (Å²) >= 11 is 0. The Labute approximate surface area is 90.8 Å². The first-order valence-electron chi connectivity index (χ1n) is 4.60. The molecule has 0 bridgehead atoms. The molecule has 0 unspecified atom stereocenters. The van der Waals surface area contributed by atoms with E-state index in [0.717, 1.165) is 5.56 Å². The van der Waals surface area contributed by atoms with Crippen molar-refractivity contribution in [2.24, 2.45) is 0 Å². The van der Waals surface area contributed by atoms with Gasteiger partial charge in [-0.2, -0.15) is 4.68 Å². The van der Waals surface area contributed by atoms with E-state index in [0.29, 0.717) is 18.0 Å². The molecule has 0 saturated heterocycles. The highest BCUT2D eigenvalue weighted by atomic mass is 16.5. The molecule has 7 heteroatoms. The van der Waals surface area contributed by atoms with Crippen LogP contribution in [0.2, 0.25) is 0 Å². The average molecular weight is 221 g/mol. The number of tetrazole rings is 1. The van der Waals surface area contributed by atoms with E-state index in [9.17, 15) is 4.79 Å². The molecule has 0 atom stereocenters. The molecule has 1 aromatic heterocycles. The molecule has 3 N–H and O–H groups in total. The van der Waals surface area contributed by atoms with E-state index in [1.54, 1.807) is 25.3 Å². The fourth-order valence-electron chi connectivity index (χ4n) is 1.39. The molecule has 0 spiro atoms. The van der Waals surface area contributed by atoms with Crippen molar-refractivity contribution >= 4 is 5.69 Å². The Balaban J connectivity index is 2.31. The molecular formula is C9H11N5O2. The van der Waals surface area contributed by atoms with Crippen LogP contribution in [0.15, 0.2) is 23.0 Å². The molecule has 7 nitrogen and oxygen atoms in total. The van der Waals surface area contributed by atoms with E-state index in [4.69, 9.17) is 10.5 Å². The van der Waals surface area contributed by atoms with Crippen LogP contribution in [-0.2, 0) is 6.54 Å². The number of benzene rings is 1. The quantitative estimate of drug-likeness (QED) is 0.687. The normalized spacial score (nSPS) is 10.3. The lowest BCUT2D eigenvalue weighted by Gasteiger charge is -2.05. The molecule has 16 heavy (non-hydrogen) atoms. The zero-order valence-electron chi connectivity index (χ0n) is 8.67. The molecule has 0 aliphatic rings. The zero-order valence-corrected chi connectivity index (χ0v) is 8.67. The van der Waals surface area contributed by atoms with Gasteiger partial charge in [0.25, 0.3) is 0 Å². The predicted molar refractivity (Wildman–Crippen MR) is 57.2 cm³/mol. The first-order valence-corrected chi connectivity index (χ1v) is 4.60. The van der Waals surface area contributed by atoms with Crippen molar-refractivity contribution in [1.29, 1.82) is 0 Å². The number of nitrogen functional groups attached to an aromatic ring is 1. The molecule has 1 aromatic carbocycles. The lowest BCUT2D eigenvalue weighted by Crippen LogP contribution is -2.18. The minimum atomic E-state index is -0.360. The van der Waals surface area contributed by atoms with Crippen LogP contribution in [0.1, 0.15) is 5.56 Å². The summed E-state index contributed by atoms with van der Waals surface area (Å²) in [6, 6.07) is 5.25. The van der Waals surface area contributed by atoms with Gasteiger partial charge in [0, 0.05) is 11.8 Å². The van der Waals surface area contributed by atoms with Crippen LogP contribution in [0.3, 0.4) is 0 Å². The van der Waals surface area contributed by atoms with Crippen LogP contribution in [0.4, 0.5) is 5.69 Å². The van der Waals surface area contributed by atoms with Crippen LogP contribution in [0, 0.1) is 0 Å². The molecular weight excluding hydrogens is 210 g/mol. The molecule has 0 radical (unpaired) electrons. The largest absolute Gasteiger partial charge is 0.497 e. The van der Waals surface area contributed by atoms with Crippen LogP contribution in [-0.4, -0.2) is 27.3 Å². The SMILES string of the molecule is COc1cc(N)cc(Cn2nn[nH]c2=O)c1. The Kier molecular flexibility index (Phi) is 2.59. The highest BCUT2D eigenvalue weighted by Crippen LogP contribution is 2.18. The molecule has 2 aromatic rings. The lowest BCUT2D eigenvalue weighted by atomic mass is 10.2. The maximum absolute atomic E-state index is 11.2. The molecule has 84 valence electrons. The van der Waals surface area contributed by atoms with Gasteiger partial charge in [0.2, 0.25) is 0 Å². The van der Waals surface area contributed by atoms with Crippen LogP contribution < -0.4 is 16.2 Å². The summed E-state index contributed by atoms with van der Waals surface area (Å²) in [4.78, 5) is 11.2. The summed E-state index contributed by atoms with van der Waals surface area (Å²) in [5.41, 5.74) is 6.73. The average Bonchev–Trinajstić information content (AvgIpc) is 2.63. The number of rotatable bonds is 3. The van der Waals surface area contributed by atoms with Crippen LogP contribution in [0.5, 0.6) is 5.75 Å². The Morgan fingerprint density at radius 2 is 2.31 bits per heavy atom. The van der Waals surface area contributed by atoms with Crippen molar-refractivity contribution < 1.29 is 4.74 Å². The summed E-state index contributed by atoms with van der Waals surface area (Å²) in [7, 11) is 1.56. The number of H-pyrrole nitrogens is 1. The van der Waals surface area contributed by atoms with E-state index in [1.165, 1.54) is 4.68 Å². The second-order valence-corrected chi connectivity index (χ2v) is 3.28. The first-order chi connectivity index (χ1) is 7.69. The van der Waals surface area contributed by atoms with Gasteiger partial charge in [0.15, 0.2) is 0 Å². The standard InChI is InChI=1S/C9H11N5O2/c1-16-8-3-6(2-7(10)4-8)5-14-9(15)11-12-13-14/h2-4H,5,10H2,1H3,(H,11,13,15). The third kappa shape index (κ3) is 2.02. The van der Waals surface area contributed by atoms with Gasteiger partial charge in [-0.1, -0.05) is 0 Å². The lowest BCUT2D eigenvalue weighted by molar-refractivity contribution is 0.414. The molecule has 1 heterocycles. The topological polar surface area (TPSA) is 98.8 Å². The van der Waals surface area contributed by atoms with Gasteiger partial charge in [-0.3, -0.25) is 0 Å². The number of ether oxygens (including phenoxy) is 1. The van der Waals surface area contributed by atoms with Gasteiger partial charge >= 0.3 is 5.69 Å². The number of nitrogens with zero attached hydrogens (tertiary/aromatic N) is 3. The number of hydrogen-bond donors (Lipinski definition) is 2. The van der Waals surface area contributed by atoms with Gasteiger partial charge in [0.05, 0.1) is 13.7 Å². The second-order valence-electron chi connectivity index (χ2n) is 3.28. The summed E-state index contributed by atoms with van der Waals surface area (Å²) < 4.78 is 6.28. The van der Waals surface area contributed by atoms with Crippen molar-refractivity contribution in [1.82, 2.24) is 20.2 Å². The van der Waals surface area contributed by atoms with E-state index in [1.807, 2.05) is 0 Å². The van der Waals surface area contributed by atoms with E-state index in [-0.39, 0.29) is 5.69 Å². The Bertz CT molecular complexity index is 545. The fourth-order valence-corrected chi connectivity index (χ4v) is 1.39. The summed E-state index contributed by atoms with van der Waals surface area (Å²) in [5, 5.41) is 9.22. The molecule has 0 amide bonds. The maximum atomic E-state index is 11.2. The highest BCUT2D eigenvalue weighted by molar-refractivity contribution is 5.47. The molecule has 0 saturated carbocycles. The number of methoxy groups -OCH3 is 1. The van der Waals surface area contributed by atoms with Crippen molar-refractivity contribution in [3.63, 3.8) is 0 Å². The minimum Gasteiger partial charge on any atom is -0.497 e. The molecule has 2 rings (SSSR count). The number of anilines is 1. The summed E-state index contributed by atoms with van der Waals surface area (Å²) in [5.74, 6) is 0.645. The fraction of sp³-hybridized carbons (Fsp3) is 0.222. The number of nitrogens with two attached hydrogens (primary N) is 1. The maximum Gasteiger partial charge on any atom is 0.361 e. The minimum absolute atomic E-state index is 0.302. The van der Waals surface area contributed by atoms with E-state index < -0.39 is 0 Å². The Morgan fingerprint density at radius 1 is 1.50 bits per heavy atom. The smallest absolute Gasteiger partial charge is 0.361 e. The van der Waals surface area contributed by atoms with Crippen molar-refractivity contribution in [2.75, 3.05) is 12.8 Å². The van der Waals surface area contributed by atoms with Gasteiger partial charge in [-0.25, -0.2) is 9.89 Å². The molecule has 0 fully saturated rings. The summed E-state index contributed by atoms with van der Waals surface area (Å²) in [6.07, 6.45) is 0. The number of nitrogens with one attached hydrogen (secondary N) is 1. The number of aromatic amines is 1. The summed E-state index contributed by atoms with van der Waals surface area (Å²) in [6.45, 7) is 0.302. The Morgan fingerprint density at radius 3 is 2.94 bits per heavy atom. The second kappa shape index (κ2) is 4.05. The van der Waals surface area contributed by atoms with Gasteiger partial charge < -0.3 is 10.5 Å². The van der Waals surface area contributed by atoms with Crippen molar-refractivity contribution in [2.45, 2.75) is 6.54 Å².